The maximum Gasteiger partial charge on any atom is 0.442 e. The highest BCUT2D eigenvalue weighted by Crippen LogP contribution is 2.53. The summed E-state index contributed by atoms with van der Waals surface area (Å²) >= 11 is 1.85. The van der Waals surface area contributed by atoms with E-state index in [2.05, 4.69) is 36.8 Å². The molecule has 0 spiro atoms. The summed E-state index contributed by atoms with van der Waals surface area (Å²) in [5.74, 6) is -0.952. The highest BCUT2D eigenvalue weighted by Gasteiger charge is 2.65. The average Bonchev–Trinajstić information content (AvgIpc) is 3.26. The van der Waals surface area contributed by atoms with Crippen LogP contribution in [0, 0.1) is 0 Å². The monoisotopic (exact) mass is 1130 g/mol. The van der Waals surface area contributed by atoms with Gasteiger partial charge in [-0.05, 0) is 60.0 Å². The predicted molar refractivity (Wildman–Crippen MR) is 294 cm³/mol. The number of ether oxygens (including phenoxy) is 5. The van der Waals surface area contributed by atoms with Gasteiger partial charge in [-0.3, -0.25) is 24.0 Å². The summed E-state index contributed by atoms with van der Waals surface area (Å²) in [6.45, 7) is 1.48. The van der Waals surface area contributed by atoms with Crippen LogP contribution < -0.4 is 31.3 Å². The summed E-state index contributed by atoms with van der Waals surface area (Å²) in [5.41, 5.74) is -1.01. The molecular formula is C58H61F3N8O11S. The first-order valence-electron chi connectivity index (χ1n) is 26.7. The largest absolute Gasteiger partial charge is 0.490 e. The van der Waals surface area contributed by atoms with Gasteiger partial charge in [-0.15, -0.1) is 10.2 Å². The summed E-state index contributed by atoms with van der Waals surface area (Å²) in [7, 11) is 0. The van der Waals surface area contributed by atoms with Crippen molar-refractivity contribution in [3.05, 3.63) is 154 Å². The van der Waals surface area contributed by atoms with Gasteiger partial charge >= 0.3 is 17.9 Å². The number of nitrogens with one attached hydrogen (secondary N) is 5. The van der Waals surface area contributed by atoms with Crippen LogP contribution in [0.15, 0.2) is 126 Å². The van der Waals surface area contributed by atoms with Crippen LogP contribution in [0.3, 0.4) is 0 Å². The van der Waals surface area contributed by atoms with E-state index in [-0.39, 0.29) is 136 Å². The Balaban J connectivity index is 0.671. The first kappa shape index (κ1) is 58.0. The minimum Gasteiger partial charge on any atom is -0.490 e. The fourth-order valence-corrected chi connectivity index (χ4v) is 11.1. The van der Waals surface area contributed by atoms with Gasteiger partial charge in [-0.1, -0.05) is 79.2 Å². The smallest absolute Gasteiger partial charge is 0.442 e. The Morgan fingerprint density at radius 3 is 1.99 bits per heavy atom. The van der Waals surface area contributed by atoms with Crippen molar-refractivity contribution in [2.45, 2.75) is 54.9 Å². The Morgan fingerprint density at radius 2 is 1.28 bits per heavy atom. The van der Waals surface area contributed by atoms with Crippen LogP contribution in [0.25, 0.3) is 16.3 Å². The fraction of sp³-hybridized carbons (Fsp3) is 0.379. The number of aromatic nitrogens is 1. The van der Waals surface area contributed by atoms with Gasteiger partial charge in [0.15, 0.2) is 5.78 Å². The van der Waals surface area contributed by atoms with Crippen molar-refractivity contribution in [3.8, 4) is 5.75 Å². The number of thioether (sulfide) groups is 1. The lowest BCUT2D eigenvalue weighted by Gasteiger charge is -2.18. The Hall–Kier alpha value is -7.70. The molecule has 0 radical (unpaired) electrons. The number of carbonyl (C=O) groups excluding carboxylic acids is 6. The number of amides is 5. The first-order chi connectivity index (χ1) is 39.3. The molecule has 2 aromatic heterocycles. The second-order valence-corrected chi connectivity index (χ2v) is 20.6. The Bertz CT molecular complexity index is 3260. The summed E-state index contributed by atoms with van der Waals surface area (Å²) in [6.07, 6.45) is -0.231. The summed E-state index contributed by atoms with van der Waals surface area (Å²) in [6, 6.07) is 30.2. The molecule has 6 aromatic rings. The zero-order valence-electron chi connectivity index (χ0n) is 44.1. The van der Waals surface area contributed by atoms with E-state index in [1.54, 1.807) is 59.1 Å². The number of fused-ring (bicyclic) bond motifs is 3. The molecule has 23 heteroatoms. The number of rotatable bonds is 31. The van der Waals surface area contributed by atoms with Crippen LogP contribution in [-0.2, 0) is 29.4 Å². The molecule has 5 N–H and O–H groups in total. The lowest BCUT2D eigenvalue weighted by atomic mass is 10.00. The highest BCUT2D eigenvalue weighted by molar-refractivity contribution is 8.00. The molecule has 3 aliphatic heterocycles. The van der Waals surface area contributed by atoms with Crippen LogP contribution >= 0.6 is 11.8 Å². The molecule has 2 saturated heterocycles. The first-order valence-corrected chi connectivity index (χ1v) is 27.7. The molecule has 81 heavy (non-hydrogen) atoms. The molecule has 4 aromatic carbocycles. The van der Waals surface area contributed by atoms with Gasteiger partial charge in [0, 0.05) is 65.5 Å². The van der Waals surface area contributed by atoms with E-state index < -0.39 is 23.7 Å². The lowest BCUT2D eigenvalue weighted by Crippen LogP contribution is -2.36. The molecule has 0 unspecified atom stereocenters. The van der Waals surface area contributed by atoms with Crippen LogP contribution in [0.2, 0.25) is 0 Å². The molecule has 0 bridgehead atoms. The van der Waals surface area contributed by atoms with Crippen LogP contribution in [-0.4, -0.2) is 148 Å². The van der Waals surface area contributed by atoms with Crippen molar-refractivity contribution in [2.75, 3.05) is 84.8 Å². The third kappa shape index (κ3) is 14.6. The second kappa shape index (κ2) is 27.2. The number of nitrogens with zero attached hydrogens (tertiary/aromatic N) is 3. The molecule has 9 rings (SSSR count). The van der Waals surface area contributed by atoms with E-state index in [9.17, 15) is 41.9 Å². The number of hydrogen-bond acceptors (Lipinski definition) is 14. The fourth-order valence-electron chi connectivity index (χ4n) is 9.56. The molecule has 3 aliphatic rings. The van der Waals surface area contributed by atoms with Gasteiger partial charge < -0.3 is 54.7 Å². The normalized spacial score (nSPS) is 16.9. The number of halogens is 3. The van der Waals surface area contributed by atoms with Gasteiger partial charge in [0.25, 0.3) is 11.8 Å². The third-order valence-electron chi connectivity index (χ3n) is 13.8. The van der Waals surface area contributed by atoms with E-state index in [4.69, 9.17) is 23.7 Å². The van der Waals surface area contributed by atoms with Crippen LogP contribution in [0.4, 0.5) is 18.0 Å². The van der Waals surface area contributed by atoms with Crippen LogP contribution in [0.1, 0.15) is 83.9 Å². The van der Waals surface area contributed by atoms with Crippen molar-refractivity contribution in [1.82, 2.24) is 31.0 Å². The number of benzene rings is 4. The second-order valence-electron chi connectivity index (χ2n) is 19.3. The minimum absolute atomic E-state index is 0.0246. The molecule has 5 heterocycles. The van der Waals surface area contributed by atoms with E-state index in [1.165, 1.54) is 12.1 Å². The SMILES string of the molecule is O=C(CCCC[C@@H]1SC[C@@H]2NC(=O)N[C@@H]21)NCCOCCOCCOc1cc(C2(C(F)(F)F)N=N2)ccc1C(=O)NCCOCCOCCNC(=O)c1cc(C(=O)c2ccc3ccccc3c2)n2ccc(C(=O)c3ccccc3)cc12. The van der Waals surface area contributed by atoms with E-state index in [0.29, 0.717) is 40.4 Å². The van der Waals surface area contributed by atoms with Crippen molar-refractivity contribution in [2.24, 2.45) is 10.2 Å². The van der Waals surface area contributed by atoms with Gasteiger partial charge in [0.1, 0.15) is 12.4 Å². The number of ketones is 2. The Labute approximate surface area is 468 Å². The Morgan fingerprint density at radius 1 is 0.642 bits per heavy atom. The molecule has 0 saturated carbocycles. The van der Waals surface area contributed by atoms with Crippen molar-refractivity contribution in [3.63, 3.8) is 0 Å². The minimum atomic E-state index is -4.80. The molecule has 0 aliphatic carbocycles. The maximum atomic E-state index is 14.0. The average molecular weight is 1140 g/mol. The third-order valence-corrected chi connectivity index (χ3v) is 15.3. The van der Waals surface area contributed by atoms with Crippen molar-refractivity contribution < 1.29 is 65.6 Å². The molecule has 19 nitrogen and oxygen atoms in total. The lowest BCUT2D eigenvalue weighted by molar-refractivity contribution is -0.166. The number of urea groups is 1. The quantitative estimate of drug-likeness (QED) is 0.0165. The van der Waals surface area contributed by atoms with Crippen LogP contribution in [0.5, 0.6) is 5.75 Å². The molecule has 5 amide bonds. The zero-order valence-corrected chi connectivity index (χ0v) is 44.9. The molecule has 426 valence electrons. The topological polar surface area (TPSA) is 238 Å². The molecule has 3 atom stereocenters. The predicted octanol–water partition coefficient (Wildman–Crippen LogP) is 7.18. The number of alkyl halides is 3. The summed E-state index contributed by atoms with van der Waals surface area (Å²) < 4.78 is 71.5. The van der Waals surface area contributed by atoms with Gasteiger partial charge in [0.05, 0.1) is 87.3 Å². The Kier molecular flexibility index (Phi) is 19.4. The standard InChI is InChI=1S/C58H61F3N8O11S/c59-58(60,61)57(67-68-57)42-16-17-43(48(34-42)80-31-30-79-29-28-76-23-19-62-50(70)13-7-6-12-49-51-45(36-81-49)65-56(75)66-51)54(73)63-20-24-77-26-27-78-25-21-64-55(74)44-35-47(53(72)40-15-14-37-8-4-5-11-39(37)32-40)69-22-18-41(33-46(44)69)52(71)38-9-2-1-3-10-38/h1-5,8-11,14-18,22,32-35,45,49,51H,6-7,12-13,19-21,23-31,36H2,(H,62,70)(H,63,73)(H,64,74)(H2,65,66,75)/t45-,49-,51-/m0/s1. The number of carbonyl (C=O) groups is 6. The van der Waals surface area contributed by atoms with Gasteiger partial charge in [-0.2, -0.15) is 24.9 Å². The molecule has 2 fully saturated rings. The van der Waals surface area contributed by atoms with Crippen molar-refractivity contribution in [1.29, 1.82) is 0 Å². The summed E-state index contributed by atoms with van der Waals surface area (Å²) in [4.78, 5) is 78.3. The molecular weight excluding hydrogens is 1070 g/mol. The maximum absolute atomic E-state index is 14.0. The van der Waals surface area contributed by atoms with Gasteiger partial charge in [0.2, 0.25) is 11.7 Å². The number of unbranched alkanes of at least 4 members (excludes halogenated alkanes) is 1. The van der Waals surface area contributed by atoms with Gasteiger partial charge in [-0.25, -0.2) is 4.79 Å². The summed E-state index contributed by atoms with van der Waals surface area (Å²) in [5, 5.41) is 23.0. The highest BCUT2D eigenvalue weighted by atomic mass is 32.2. The zero-order chi connectivity index (χ0) is 56.8. The van der Waals surface area contributed by atoms with Crippen molar-refractivity contribution >= 4 is 63.4 Å². The number of hydrogen-bond donors (Lipinski definition) is 5. The van der Waals surface area contributed by atoms with E-state index in [1.807, 2.05) is 48.2 Å². The van der Waals surface area contributed by atoms with E-state index >= 15 is 0 Å². The number of pyridine rings is 1. The van der Waals surface area contributed by atoms with E-state index in [0.717, 1.165) is 47.9 Å².